The molecule has 2 aromatic rings. The maximum absolute atomic E-state index is 10.8. The van der Waals surface area contributed by atoms with E-state index in [1.54, 1.807) is 24.3 Å². The van der Waals surface area contributed by atoms with Gasteiger partial charge in [-0.15, -0.1) is 0 Å². The van der Waals surface area contributed by atoms with Crippen LogP contribution in [0.3, 0.4) is 0 Å². The van der Waals surface area contributed by atoms with E-state index in [0.717, 1.165) is 19.5 Å². The van der Waals surface area contributed by atoms with Crippen LogP contribution in [0.1, 0.15) is 38.8 Å². The van der Waals surface area contributed by atoms with Crippen LogP contribution in [0.4, 0.5) is 0 Å². The number of nitrogens with zero attached hydrogens (tertiary/aromatic N) is 2. The number of carboxylic acid groups (broad SMARTS) is 2. The third-order valence-electron chi connectivity index (χ3n) is 3.37. The van der Waals surface area contributed by atoms with Crippen LogP contribution in [-0.2, 0) is 13.1 Å². The fourth-order valence-corrected chi connectivity index (χ4v) is 2.17. The SMILES string of the molecule is O=C(O)c1cccc(CNCCCNCc2cccc(C(=O)O)n2)n1. The van der Waals surface area contributed by atoms with Crippen molar-refractivity contribution < 1.29 is 19.8 Å². The van der Waals surface area contributed by atoms with E-state index in [4.69, 9.17) is 10.2 Å². The summed E-state index contributed by atoms with van der Waals surface area (Å²) in [4.78, 5) is 29.8. The Kier molecular flexibility index (Phi) is 7.00. The van der Waals surface area contributed by atoms with Gasteiger partial charge in [-0.25, -0.2) is 19.6 Å². The summed E-state index contributed by atoms with van der Waals surface area (Å²) in [6, 6.07) is 9.82. The van der Waals surface area contributed by atoms with Gasteiger partial charge >= 0.3 is 11.9 Å². The van der Waals surface area contributed by atoms with Crippen molar-refractivity contribution in [3.8, 4) is 0 Å². The maximum Gasteiger partial charge on any atom is 0.354 e. The third kappa shape index (κ3) is 6.28. The summed E-state index contributed by atoms with van der Waals surface area (Å²) in [5.41, 5.74) is 1.44. The van der Waals surface area contributed by atoms with E-state index in [1.165, 1.54) is 12.1 Å². The van der Waals surface area contributed by atoms with E-state index in [-0.39, 0.29) is 11.4 Å². The summed E-state index contributed by atoms with van der Waals surface area (Å²) >= 11 is 0. The summed E-state index contributed by atoms with van der Waals surface area (Å²) in [5, 5.41) is 24.2. The van der Waals surface area contributed by atoms with Crippen LogP contribution in [0.5, 0.6) is 0 Å². The molecule has 0 aliphatic carbocycles. The van der Waals surface area contributed by atoms with Gasteiger partial charge in [0.25, 0.3) is 0 Å². The summed E-state index contributed by atoms with van der Waals surface area (Å²) < 4.78 is 0. The Balaban J connectivity index is 1.62. The minimum atomic E-state index is -1.04. The summed E-state index contributed by atoms with van der Waals surface area (Å²) in [5.74, 6) is -2.07. The molecule has 2 heterocycles. The summed E-state index contributed by atoms with van der Waals surface area (Å²) in [7, 11) is 0. The minimum absolute atomic E-state index is 0.0389. The van der Waals surface area contributed by atoms with E-state index in [0.29, 0.717) is 24.5 Å². The average molecular weight is 344 g/mol. The van der Waals surface area contributed by atoms with E-state index in [2.05, 4.69) is 20.6 Å². The monoisotopic (exact) mass is 344 g/mol. The fraction of sp³-hybridized carbons (Fsp3) is 0.294. The normalized spacial score (nSPS) is 10.6. The molecule has 0 spiro atoms. The van der Waals surface area contributed by atoms with E-state index in [9.17, 15) is 9.59 Å². The molecule has 0 atom stereocenters. The van der Waals surface area contributed by atoms with Crippen molar-refractivity contribution in [1.29, 1.82) is 0 Å². The zero-order valence-electron chi connectivity index (χ0n) is 13.6. The molecule has 0 fully saturated rings. The molecule has 2 rings (SSSR count). The van der Waals surface area contributed by atoms with Crippen molar-refractivity contribution in [2.45, 2.75) is 19.5 Å². The van der Waals surface area contributed by atoms with Crippen molar-refractivity contribution in [2.75, 3.05) is 13.1 Å². The van der Waals surface area contributed by atoms with Gasteiger partial charge in [0.2, 0.25) is 0 Å². The first-order valence-corrected chi connectivity index (χ1v) is 7.86. The quantitative estimate of drug-likeness (QED) is 0.473. The first kappa shape index (κ1) is 18.5. The number of nitrogens with one attached hydrogen (secondary N) is 2. The molecule has 25 heavy (non-hydrogen) atoms. The van der Waals surface area contributed by atoms with Crippen LogP contribution in [0.25, 0.3) is 0 Å². The highest BCUT2D eigenvalue weighted by Gasteiger charge is 2.05. The molecule has 0 saturated carbocycles. The van der Waals surface area contributed by atoms with Crippen LogP contribution in [0, 0.1) is 0 Å². The Hall–Kier alpha value is -2.84. The third-order valence-corrected chi connectivity index (χ3v) is 3.37. The lowest BCUT2D eigenvalue weighted by Gasteiger charge is -2.07. The molecule has 4 N–H and O–H groups in total. The highest BCUT2D eigenvalue weighted by atomic mass is 16.4. The number of carbonyl (C=O) groups is 2. The molecular formula is C17H20N4O4. The van der Waals surface area contributed by atoms with Gasteiger partial charge in [0.15, 0.2) is 0 Å². The molecule has 8 nitrogen and oxygen atoms in total. The molecule has 0 radical (unpaired) electrons. The molecule has 0 aliphatic heterocycles. The molecule has 0 bridgehead atoms. The van der Waals surface area contributed by atoms with Crippen LogP contribution in [-0.4, -0.2) is 45.2 Å². The summed E-state index contributed by atoms with van der Waals surface area (Å²) in [6.07, 6.45) is 0.858. The van der Waals surface area contributed by atoms with Gasteiger partial charge in [0.1, 0.15) is 11.4 Å². The van der Waals surface area contributed by atoms with Crippen LogP contribution in [0.15, 0.2) is 36.4 Å². The van der Waals surface area contributed by atoms with Gasteiger partial charge in [0.05, 0.1) is 11.4 Å². The molecule has 0 aromatic carbocycles. The smallest absolute Gasteiger partial charge is 0.354 e. The van der Waals surface area contributed by atoms with Gasteiger partial charge < -0.3 is 20.8 Å². The highest BCUT2D eigenvalue weighted by molar-refractivity contribution is 5.85. The topological polar surface area (TPSA) is 124 Å². The van der Waals surface area contributed by atoms with Crippen molar-refractivity contribution in [2.24, 2.45) is 0 Å². The zero-order chi connectivity index (χ0) is 18.1. The first-order chi connectivity index (χ1) is 12.1. The standard InChI is InChI=1S/C17H20N4O4/c22-16(23)14-6-1-4-12(20-14)10-18-8-3-9-19-11-13-5-2-7-15(21-13)17(24)25/h1-2,4-7,18-19H,3,8-11H2,(H,22,23)(H,24,25). The van der Waals surface area contributed by atoms with Crippen molar-refractivity contribution in [3.63, 3.8) is 0 Å². The van der Waals surface area contributed by atoms with Gasteiger partial charge in [0, 0.05) is 13.1 Å². The van der Waals surface area contributed by atoms with Crippen molar-refractivity contribution >= 4 is 11.9 Å². The predicted octanol–water partition coefficient (Wildman–Crippen LogP) is 1.14. The maximum atomic E-state index is 10.8. The molecule has 8 heteroatoms. The lowest BCUT2D eigenvalue weighted by Crippen LogP contribution is -2.22. The molecule has 0 unspecified atom stereocenters. The Morgan fingerprint density at radius 3 is 1.64 bits per heavy atom. The van der Waals surface area contributed by atoms with Gasteiger partial charge in [-0.2, -0.15) is 0 Å². The number of hydrogen-bond acceptors (Lipinski definition) is 6. The lowest BCUT2D eigenvalue weighted by molar-refractivity contribution is 0.0679. The number of carboxylic acids is 2. The first-order valence-electron chi connectivity index (χ1n) is 7.86. The predicted molar refractivity (Wildman–Crippen MR) is 90.4 cm³/mol. The summed E-state index contributed by atoms with van der Waals surface area (Å²) in [6.45, 7) is 2.50. The van der Waals surface area contributed by atoms with E-state index < -0.39 is 11.9 Å². The van der Waals surface area contributed by atoms with E-state index in [1.807, 2.05) is 0 Å². The largest absolute Gasteiger partial charge is 0.477 e. The molecule has 0 saturated heterocycles. The molecule has 2 aromatic heterocycles. The van der Waals surface area contributed by atoms with Gasteiger partial charge in [-0.1, -0.05) is 12.1 Å². The molecule has 132 valence electrons. The Bertz CT molecular complexity index is 675. The molecule has 0 aliphatic rings. The average Bonchev–Trinajstić information content (AvgIpc) is 2.61. The van der Waals surface area contributed by atoms with E-state index >= 15 is 0 Å². The Morgan fingerprint density at radius 2 is 1.24 bits per heavy atom. The molecular weight excluding hydrogens is 324 g/mol. The van der Waals surface area contributed by atoms with Crippen LogP contribution in [0.2, 0.25) is 0 Å². The van der Waals surface area contributed by atoms with Gasteiger partial charge in [-0.05, 0) is 43.8 Å². The second kappa shape index (κ2) is 9.45. The number of rotatable bonds is 10. The number of hydrogen-bond donors (Lipinski definition) is 4. The minimum Gasteiger partial charge on any atom is -0.477 e. The number of pyridine rings is 2. The fourth-order valence-electron chi connectivity index (χ4n) is 2.17. The second-order valence-corrected chi connectivity index (χ2v) is 5.35. The van der Waals surface area contributed by atoms with Crippen LogP contribution < -0.4 is 10.6 Å². The molecule has 0 amide bonds. The van der Waals surface area contributed by atoms with Crippen molar-refractivity contribution in [3.05, 3.63) is 59.2 Å². The van der Waals surface area contributed by atoms with Gasteiger partial charge in [-0.3, -0.25) is 0 Å². The number of aromatic carboxylic acids is 2. The lowest BCUT2D eigenvalue weighted by atomic mass is 10.3. The van der Waals surface area contributed by atoms with Crippen LogP contribution >= 0.6 is 0 Å². The Labute approximate surface area is 144 Å². The Morgan fingerprint density at radius 1 is 0.800 bits per heavy atom. The highest BCUT2D eigenvalue weighted by Crippen LogP contribution is 2.00. The number of aromatic nitrogens is 2. The zero-order valence-corrected chi connectivity index (χ0v) is 13.6. The second-order valence-electron chi connectivity index (χ2n) is 5.35. The van der Waals surface area contributed by atoms with Crippen molar-refractivity contribution in [1.82, 2.24) is 20.6 Å².